The van der Waals surface area contributed by atoms with Crippen LogP contribution in [0.2, 0.25) is 0 Å². The Morgan fingerprint density at radius 1 is 1.30 bits per heavy atom. The van der Waals surface area contributed by atoms with E-state index in [1.54, 1.807) is 6.26 Å². The highest BCUT2D eigenvalue weighted by molar-refractivity contribution is 5.79. The average Bonchev–Trinajstić information content (AvgIpc) is 3.42. The number of aryl methyl sites for hydroxylation is 1. The predicted molar refractivity (Wildman–Crippen MR) is 110 cm³/mol. The quantitative estimate of drug-likeness (QED) is 0.553. The first-order valence-corrected chi connectivity index (χ1v) is 9.82. The summed E-state index contributed by atoms with van der Waals surface area (Å²) in [6.07, 6.45) is 4.33. The van der Waals surface area contributed by atoms with Crippen LogP contribution in [0.4, 0.5) is 0 Å². The Bertz CT molecular complexity index is 748. The molecular weight excluding hydrogens is 338 g/mol. The number of hydrogen-bond acceptors (Lipinski definition) is 4. The van der Waals surface area contributed by atoms with Crippen LogP contribution in [0.25, 0.3) is 11.5 Å². The maximum atomic E-state index is 5.62. The Labute approximate surface area is 162 Å². The minimum Gasteiger partial charge on any atom is -0.444 e. The van der Waals surface area contributed by atoms with E-state index in [4.69, 9.17) is 4.42 Å². The lowest BCUT2D eigenvalue weighted by Crippen LogP contribution is -2.45. The monoisotopic (exact) mass is 369 g/mol. The number of aromatic nitrogens is 1. The van der Waals surface area contributed by atoms with Gasteiger partial charge in [-0.2, -0.15) is 0 Å². The summed E-state index contributed by atoms with van der Waals surface area (Å²) in [5, 5.41) is 6.74. The zero-order chi connectivity index (χ0) is 19.2. The molecule has 0 spiro atoms. The van der Waals surface area contributed by atoms with Crippen molar-refractivity contribution in [1.82, 2.24) is 20.5 Å². The van der Waals surface area contributed by atoms with E-state index >= 15 is 0 Å². The van der Waals surface area contributed by atoms with Crippen LogP contribution in [0.1, 0.15) is 37.9 Å². The largest absolute Gasteiger partial charge is 0.444 e. The molecule has 0 bridgehead atoms. The molecule has 146 valence electrons. The van der Waals surface area contributed by atoms with Gasteiger partial charge in [0.15, 0.2) is 5.96 Å². The van der Waals surface area contributed by atoms with Crippen LogP contribution in [0.15, 0.2) is 39.9 Å². The number of guanidine groups is 1. The molecule has 1 unspecified atom stereocenters. The fourth-order valence-electron chi connectivity index (χ4n) is 2.94. The van der Waals surface area contributed by atoms with Gasteiger partial charge in [0.2, 0.25) is 5.89 Å². The summed E-state index contributed by atoms with van der Waals surface area (Å²) in [7, 11) is 2.20. The number of benzene rings is 1. The van der Waals surface area contributed by atoms with E-state index < -0.39 is 0 Å². The van der Waals surface area contributed by atoms with Crippen molar-refractivity contribution in [2.24, 2.45) is 4.99 Å². The molecule has 2 aromatic rings. The topological polar surface area (TPSA) is 65.7 Å². The zero-order valence-electron chi connectivity index (χ0n) is 16.8. The molecule has 1 fully saturated rings. The molecule has 0 aliphatic heterocycles. The van der Waals surface area contributed by atoms with Gasteiger partial charge in [-0.1, -0.05) is 17.7 Å². The van der Waals surface area contributed by atoms with E-state index in [2.05, 4.69) is 65.5 Å². The van der Waals surface area contributed by atoms with Crippen molar-refractivity contribution in [3.8, 4) is 11.5 Å². The molecule has 6 heteroatoms. The van der Waals surface area contributed by atoms with Gasteiger partial charge in [0.25, 0.3) is 0 Å². The minimum atomic E-state index is 0.474. The molecular formula is C21H31N5O. The summed E-state index contributed by atoms with van der Waals surface area (Å²) < 4.78 is 5.62. The molecule has 1 aromatic carbocycles. The molecule has 1 saturated carbocycles. The second-order valence-electron chi connectivity index (χ2n) is 7.33. The summed E-state index contributed by atoms with van der Waals surface area (Å²) in [4.78, 5) is 11.7. The van der Waals surface area contributed by atoms with E-state index in [0.29, 0.717) is 18.5 Å². The number of rotatable bonds is 8. The molecule has 1 aromatic heterocycles. The number of hydrogen-bond donors (Lipinski definition) is 2. The molecule has 1 atom stereocenters. The number of likely N-dealkylation sites (N-methyl/N-ethyl adjacent to an activating group) is 1. The zero-order valence-corrected chi connectivity index (χ0v) is 16.8. The summed E-state index contributed by atoms with van der Waals surface area (Å²) in [5.41, 5.74) is 3.03. The maximum absolute atomic E-state index is 5.62. The minimum absolute atomic E-state index is 0.474. The van der Waals surface area contributed by atoms with Gasteiger partial charge >= 0.3 is 0 Å². The van der Waals surface area contributed by atoms with Crippen molar-refractivity contribution < 1.29 is 4.42 Å². The molecule has 1 aliphatic rings. The highest BCUT2D eigenvalue weighted by Crippen LogP contribution is 2.26. The Morgan fingerprint density at radius 3 is 2.70 bits per heavy atom. The van der Waals surface area contributed by atoms with Crippen LogP contribution in [0.3, 0.4) is 0 Å². The van der Waals surface area contributed by atoms with Crippen LogP contribution < -0.4 is 10.6 Å². The number of aliphatic imine (C=N–C) groups is 1. The third-order valence-electron chi connectivity index (χ3n) is 4.98. The summed E-state index contributed by atoms with van der Waals surface area (Å²) >= 11 is 0. The Morgan fingerprint density at radius 2 is 2.04 bits per heavy atom. The third kappa shape index (κ3) is 5.57. The van der Waals surface area contributed by atoms with Crippen molar-refractivity contribution in [2.45, 2.75) is 52.2 Å². The number of oxazole rings is 1. The Balaban J connectivity index is 1.57. The second kappa shape index (κ2) is 9.04. The first kappa shape index (κ1) is 19.4. The smallest absolute Gasteiger partial charge is 0.226 e. The highest BCUT2D eigenvalue weighted by Gasteiger charge is 2.28. The van der Waals surface area contributed by atoms with Crippen LogP contribution in [-0.2, 0) is 6.54 Å². The first-order valence-electron chi connectivity index (χ1n) is 9.82. The van der Waals surface area contributed by atoms with Gasteiger partial charge in [0.1, 0.15) is 12.0 Å². The van der Waals surface area contributed by atoms with Crippen molar-refractivity contribution >= 4 is 5.96 Å². The van der Waals surface area contributed by atoms with E-state index in [-0.39, 0.29) is 0 Å². The average molecular weight is 370 g/mol. The predicted octanol–water partition coefficient (Wildman–Crippen LogP) is 3.19. The Hall–Kier alpha value is -2.34. The van der Waals surface area contributed by atoms with Crippen molar-refractivity contribution in [1.29, 1.82) is 0 Å². The molecule has 1 aliphatic carbocycles. The molecule has 27 heavy (non-hydrogen) atoms. The molecule has 3 rings (SSSR count). The van der Waals surface area contributed by atoms with Crippen LogP contribution >= 0.6 is 0 Å². The van der Waals surface area contributed by atoms with Crippen LogP contribution in [-0.4, -0.2) is 48.1 Å². The molecule has 0 amide bonds. The van der Waals surface area contributed by atoms with Gasteiger partial charge in [-0.3, -0.25) is 4.90 Å². The summed E-state index contributed by atoms with van der Waals surface area (Å²) in [6.45, 7) is 8.57. The van der Waals surface area contributed by atoms with Crippen LogP contribution in [0, 0.1) is 6.92 Å². The van der Waals surface area contributed by atoms with Gasteiger partial charge in [0.05, 0.1) is 6.54 Å². The van der Waals surface area contributed by atoms with E-state index in [1.165, 1.54) is 18.4 Å². The highest BCUT2D eigenvalue weighted by atomic mass is 16.3. The first-order chi connectivity index (χ1) is 13.1. The van der Waals surface area contributed by atoms with Crippen molar-refractivity contribution in [3.63, 3.8) is 0 Å². The van der Waals surface area contributed by atoms with Crippen molar-refractivity contribution in [3.05, 3.63) is 41.8 Å². The van der Waals surface area contributed by atoms with E-state index in [1.807, 2.05) is 12.1 Å². The molecule has 0 radical (unpaired) electrons. The lowest BCUT2D eigenvalue weighted by atomic mass is 10.1. The Kier molecular flexibility index (Phi) is 6.50. The fourth-order valence-corrected chi connectivity index (χ4v) is 2.94. The van der Waals surface area contributed by atoms with Crippen molar-refractivity contribution in [2.75, 3.05) is 20.1 Å². The van der Waals surface area contributed by atoms with Gasteiger partial charge in [-0.05, 0) is 52.8 Å². The molecule has 1 heterocycles. The molecule has 0 saturated heterocycles. The standard InChI is InChI=1S/C21H31N5O/c1-5-22-21(23-12-16(3)26(4)19-10-11-19)24-13-18-14-27-20(25-18)17-8-6-15(2)7-9-17/h6-9,14,16,19H,5,10-13H2,1-4H3,(H2,22,23,24). The SMILES string of the molecule is CCNC(=NCc1coc(-c2ccc(C)cc2)n1)NCC(C)N(C)C1CC1. The summed E-state index contributed by atoms with van der Waals surface area (Å²) in [5.74, 6) is 1.45. The van der Waals surface area contributed by atoms with Gasteiger partial charge < -0.3 is 15.1 Å². The van der Waals surface area contributed by atoms with Crippen LogP contribution in [0.5, 0.6) is 0 Å². The lowest BCUT2D eigenvalue weighted by molar-refractivity contribution is 0.247. The lowest BCUT2D eigenvalue weighted by Gasteiger charge is -2.25. The van der Waals surface area contributed by atoms with E-state index in [0.717, 1.165) is 36.3 Å². The molecule has 6 nitrogen and oxygen atoms in total. The summed E-state index contributed by atoms with van der Waals surface area (Å²) in [6, 6.07) is 9.41. The molecule has 2 N–H and O–H groups in total. The maximum Gasteiger partial charge on any atom is 0.226 e. The number of nitrogens with one attached hydrogen (secondary N) is 2. The number of nitrogens with zero attached hydrogens (tertiary/aromatic N) is 3. The third-order valence-corrected chi connectivity index (χ3v) is 4.98. The van der Waals surface area contributed by atoms with E-state index in [9.17, 15) is 0 Å². The second-order valence-corrected chi connectivity index (χ2v) is 7.33. The van der Waals surface area contributed by atoms with Gasteiger partial charge in [0, 0.05) is 30.7 Å². The van der Waals surface area contributed by atoms with Gasteiger partial charge in [-0.25, -0.2) is 9.98 Å². The fraction of sp³-hybridized carbons (Fsp3) is 0.524. The normalized spacial score (nSPS) is 15.8. The van der Waals surface area contributed by atoms with Gasteiger partial charge in [-0.15, -0.1) is 0 Å².